The standard InChI is InChI=1S/C19H16Cl2F3N7O2/c1-29-14-7-13(19(22,23)24)27-31(14)6-5-12(18(29)33)26-17(32)16-25-9-30(28-16)8-10-3-2-4-11(20)15(10)21/h2-4,7,9,12H,5-6,8H2,1H3,(H,26,32). The van der Waals surface area contributed by atoms with Crippen LogP contribution in [-0.4, -0.2) is 49.4 Å². The predicted molar refractivity (Wildman–Crippen MR) is 112 cm³/mol. The monoisotopic (exact) mass is 501 g/mol. The molecule has 0 fully saturated rings. The van der Waals surface area contributed by atoms with Crippen molar-refractivity contribution in [2.24, 2.45) is 0 Å². The van der Waals surface area contributed by atoms with Crippen LogP contribution in [0, 0.1) is 0 Å². The van der Waals surface area contributed by atoms with Gasteiger partial charge in [0, 0.05) is 19.7 Å². The maximum atomic E-state index is 13.0. The summed E-state index contributed by atoms with van der Waals surface area (Å²) in [4.78, 5) is 30.4. The molecule has 1 aliphatic heterocycles. The molecule has 4 rings (SSSR count). The van der Waals surface area contributed by atoms with Gasteiger partial charge in [-0.05, 0) is 18.1 Å². The normalized spacial score (nSPS) is 16.5. The fraction of sp³-hybridized carbons (Fsp3) is 0.316. The van der Waals surface area contributed by atoms with Crippen LogP contribution in [0.3, 0.4) is 0 Å². The van der Waals surface area contributed by atoms with E-state index in [4.69, 9.17) is 23.2 Å². The van der Waals surface area contributed by atoms with Gasteiger partial charge in [0.15, 0.2) is 5.69 Å². The Morgan fingerprint density at radius 2 is 2.03 bits per heavy atom. The Balaban J connectivity index is 1.45. The fourth-order valence-electron chi connectivity index (χ4n) is 3.38. The smallest absolute Gasteiger partial charge is 0.337 e. The number of aromatic nitrogens is 5. The van der Waals surface area contributed by atoms with Crippen molar-refractivity contribution < 1.29 is 22.8 Å². The molecule has 2 aromatic heterocycles. The maximum Gasteiger partial charge on any atom is 0.435 e. The number of nitrogens with one attached hydrogen (secondary N) is 1. The molecule has 33 heavy (non-hydrogen) atoms. The highest BCUT2D eigenvalue weighted by molar-refractivity contribution is 6.42. The Morgan fingerprint density at radius 1 is 1.27 bits per heavy atom. The lowest BCUT2D eigenvalue weighted by atomic mass is 10.2. The van der Waals surface area contributed by atoms with Crippen molar-refractivity contribution in [1.82, 2.24) is 29.9 Å². The number of hydrogen-bond donors (Lipinski definition) is 1. The number of anilines is 1. The molecule has 1 N–H and O–H groups in total. The molecule has 1 unspecified atom stereocenters. The van der Waals surface area contributed by atoms with Crippen LogP contribution in [-0.2, 0) is 24.1 Å². The number of aryl methyl sites for hydroxylation is 1. The molecule has 1 atom stereocenters. The summed E-state index contributed by atoms with van der Waals surface area (Å²) in [6, 6.07) is 4.93. The number of benzene rings is 1. The summed E-state index contributed by atoms with van der Waals surface area (Å²) in [5.74, 6) is -1.47. The van der Waals surface area contributed by atoms with Gasteiger partial charge in [-0.3, -0.25) is 14.5 Å². The second kappa shape index (κ2) is 8.67. The second-order valence-electron chi connectivity index (χ2n) is 7.30. The van der Waals surface area contributed by atoms with E-state index in [2.05, 4.69) is 20.5 Å². The van der Waals surface area contributed by atoms with Gasteiger partial charge in [0.25, 0.3) is 11.8 Å². The van der Waals surface area contributed by atoms with Gasteiger partial charge in [-0.15, -0.1) is 5.10 Å². The van der Waals surface area contributed by atoms with Crippen molar-refractivity contribution in [2.75, 3.05) is 11.9 Å². The lowest BCUT2D eigenvalue weighted by molar-refractivity contribution is -0.141. The average Bonchev–Trinajstić information content (AvgIpc) is 3.38. The SMILES string of the molecule is CN1C(=O)C(NC(=O)c2ncn(Cc3cccc(Cl)c3Cl)n2)CCn2nc(C(F)(F)F)cc21. The lowest BCUT2D eigenvalue weighted by Crippen LogP contribution is -2.47. The Labute approximate surface area is 195 Å². The summed E-state index contributed by atoms with van der Waals surface area (Å²) in [5, 5.41) is 10.9. The van der Waals surface area contributed by atoms with E-state index in [1.807, 2.05) is 0 Å². The number of nitrogens with zero attached hydrogens (tertiary/aromatic N) is 6. The molecule has 174 valence electrons. The molecule has 0 aliphatic carbocycles. The fourth-order valence-corrected chi connectivity index (χ4v) is 3.76. The number of amides is 2. The highest BCUT2D eigenvalue weighted by atomic mass is 35.5. The molecule has 0 saturated carbocycles. The van der Waals surface area contributed by atoms with Crippen LogP contribution >= 0.6 is 23.2 Å². The second-order valence-corrected chi connectivity index (χ2v) is 8.08. The first-order chi connectivity index (χ1) is 15.5. The first-order valence-electron chi connectivity index (χ1n) is 9.60. The van der Waals surface area contributed by atoms with E-state index in [9.17, 15) is 22.8 Å². The summed E-state index contributed by atoms with van der Waals surface area (Å²) in [6.07, 6.45) is -3.25. The molecule has 9 nitrogen and oxygen atoms in total. The quantitative estimate of drug-likeness (QED) is 0.592. The first kappa shape index (κ1) is 23.1. The molecule has 3 heterocycles. The van der Waals surface area contributed by atoms with Crippen molar-refractivity contribution in [3.8, 4) is 0 Å². The van der Waals surface area contributed by atoms with Crippen LogP contribution in [0.2, 0.25) is 10.0 Å². The minimum Gasteiger partial charge on any atom is -0.337 e. The van der Waals surface area contributed by atoms with E-state index in [1.165, 1.54) is 18.1 Å². The molecule has 14 heteroatoms. The number of likely N-dealkylation sites (N-methyl/N-ethyl adjacent to an activating group) is 1. The summed E-state index contributed by atoms with van der Waals surface area (Å²) in [6.45, 7) is 0.217. The number of alkyl halides is 3. The van der Waals surface area contributed by atoms with Gasteiger partial charge >= 0.3 is 6.18 Å². The molecular weight excluding hydrogens is 486 g/mol. The van der Waals surface area contributed by atoms with Crippen molar-refractivity contribution in [3.63, 3.8) is 0 Å². The summed E-state index contributed by atoms with van der Waals surface area (Å²) < 4.78 is 41.3. The summed E-state index contributed by atoms with van der Waals surface area (Å²) in [5.41, 5.74) is -0.413. The zero-order chi connectivity index (χ0) is 23.9. The maximum absolute atomic E-state index is 13.0. The Morgan fingerprint density at radius 3 is 2.76 bits per heavy atom. The van der Waals surface area contributed by atoms with Crippen LogP contribution in [0.4, 0.5) is 19.0 Å². The minimum absolute atomic E-state index is 0.00156. The van der Waals surface area contributed by atoms with Gasteiger partial charge < -0.3 is 5.32 Å². The number of rotatable bonds is 4. The third-order valence-electron chi connectivity index (χ3n) is 5.06. The van der Waals surface area contributed by atoms with E-state index in [0.717, 1.165) is 15.6 Å². The number of fused-ring (bicyclic) bond motifs is 1. The summed E-state index contributed by atoms with van der Waals surface area (Å²) in [7, 11) is 1.32. The zero-order valence-corrected chi connectivity index (χ0v) is 18.5. The third-order valence-corrected chi connectivity index (χ3v) is 5.92. The van der Waals surface area contributed by atoms with E-state index >= 15 is 0 Å². The minimum atomic E-state index is -4.63. The summed E-state index contributed by atoms with van der Waals surface area (Å²) >= 11 is 12.2. The molecule has 1 aliphatic rings. The Bertz CT molecular complexity index is 1220. The van der Waals surface area contributed by atoms with Gasteiger partial charge in [-0.2, -0.15) is 18.3 Å². The van der Waals surface area contributed by atoms with Gasteiger partial charge in [0.2, 0.25) is 5.82 Å². The zero-order valence-electron chi connectivity index (χ0n) is 17.0. The molecule has 0 bridgehead atoms. The van der Waals surface area contributed by atoms with E-state index in [-0.39, 0.29) is 31.2 Å². The van der Waals surface area contributed by atoms with Crippen LogP contribution in [0.15, 0.2) is 30.6 Å². The van der Waals surface area contributed by atoms with Crippen LogP contribution < -0.4 is 10.2 Å². The van der Waals surface area contributed by atoms with Crippen molar-refractivity contribution >= 4 is 40.8 Å². The molecular formula is C19H16Cl2F3N7O2. The molecule has 1 aromatic carbocycles. The number of hydrogen-bond acceptors (Lipinski definition) is 5. The number of carbonyl (C=O) groups is 2. The molecule has 3 aromatic rings. The van der Waals surface area contributed by atoms with Gasteiger partial charge in [-0.25, -0.2) is 14.3 Å². The van der Waals surface area contributed by atoms with E-state index in [0.29, 0.717) is 15.6 Å². The molecule has 2 amide bonds. The largest absolute Gasteiger partial charge is 0.435 e. The number of halogens is 5. The Hall–Kier alpha value is -3.12. The van der Waals surface area contributed by atoms with Crippen molar-refractivity contribution in [2.45, 2.75) is 31.7 Å². The van der Waals surface area contributed by atoms with Gasteiger partial charge in [0.1, 0.15) is 18.2 Å². The predicted octanol–water partition coefficient (Wildman–Crippen LogP) is 3.01. The van der Waals surface area contributed by atoms with Crippen molar-refractivity contribution in [3.05, 3.63) is 57.7 Å². The average molecular weight is 502 g/mol. The molecule has 0 spiro atoms. The topological polar surface area (TPSA) is 97.9 Å². The third kappa shape index (κ3) is 4.67. The molecule has 0 saturated heterocycles. The van der Waals surface area contributed by atoms with Crippen molar-refractivity contribution in [1.29, 1.82) is 0 Å². The van der Waals surface area contributed by atoms with Gasteiger partial charge in [0.05, 0.1) is 16.6 Å². The number of carbonyl (C=O) groups excluding carboxylic acids is 2. The van der Waals surface area contributed by atoms with Crippen LogP contribution in [0.5, 0.6) is 0 Å². The lowest BCUT2D eigenvalue weighted by Gasteiger charge is -2.19. The highest BCUT2D eigenvalue weighted by Crippen LogP contribution is 2.32. The first-order valence-corrected chi connectivity index (χ1v) is 10.4. The highest BCUT2D eigenvalue weighted by Gasteiger charge is 2.38. The van der Waals surface area contributed by atoms with Crippen LogP contribution in [0.25, 0.3) is 0 Å². The van der Waals surface area contributed by atoms with Crippen LogP contribution in [0.1, 0.15) is 28.3 Å². The van der Waals surface area contributed by atoms with E-state index in [1.54, 1.807) is 18.2 Å². The van der Waals surface area contributed by atoms with E-state index < -0.39 is 29.7 Å². The molecule has 0 radical (unpaired) electrons. The Kier molecular flexibility index (Phi) is 6.06. The van der Waals surface area contributed by atoms with Gasteiger partial charge in [-0.1, -0.05) is 35.3 Å².